The van der Waals surface area contributed by atoms with Crippen LogP contribution in [0.1, 0.15) is 24.8 Å². The number of phenols is 1. The van der Waals surface area contributed by atoms with Gasteiger partial charge in [0.15, 0.2) is 23.0 Å². The Bertz CT molecular complexity index is 1570. The minimum absolute atomic E-state index is 0.262. The van der Waals surface area contributed by atoms with E-state index in [0.29, 0.717) is 39.6 Å². The van der Waals surface area contributed by atoms with Gasteiger partial charge in [0.25, 0.3) is 0 Å². The Balaban J connectivity index is 1.56. The molecule has 174 valence electrons. The first-order chi connectivity index (χ1) is 16.9. The molecule has 7 nitrogen and oxygen atoms in total. The van der Waals surface area contributed by atoms with Crippen LogP contribution in [0.5, 0.6) is 5.75 Å². The molecule has 1 fully saturated rings. The fourth-order valence-corrected chi connectivity index (χ4v) is 4.61. The minimum atomic E-state index is -0.682. The van der Waals surface area contributed by atoms with E-state index in [1.807, 2.05) is 34.9 Å². The predicted molar refractivity (Wildman–Crippen MR) is 133 cm³/mol. The zero-order valence-corrected chi connectivity index (χ0v) is 18.8. The number of phenolic OH excluding ortho intramolecular Hbond substituents is 1. The number of halogens is 1. The first-order valence-corrected chi connectivity index (χ1v) is 11.4. The molecule has 3 heterocycles. The van der Waals surface area contributed by atoms with E-state index >= 15 is 0 Å². The smallest absolute Gasteiger partial charge is 0.165 e. The van der Waals surface area contributed by atoms with Crippen molar-refractivity contribution in [3.8, 4) is 34.1 Å². The maximum Gasteiger partial charge on any atom is 0.165 e. The summed E-state index contributed by atoms with van der Waals surface area (Å²) in [6.45, 7) is 0. The summed E-state index contributed by atoms with van der Waals surface area (Å²) in [4.78, 5) is 13.9. The summed E-state index contributed by atoms with van der Waals surface area (Å²) in [5.41, 5.74) is 17.6. The van der Waals surface area contributed by atoms with Gasteiger partial charge >= 0.3 is 0 Å². The Morgan fingerprint density at radius 1 is 0.971 bits per heavy atom. The first-order valence-electron chi connectivity index (χ1n) is 11.4. The van der Waals surface area contributed by atoms with E-state index in [2.05, 4.69) is 17.1 Å². The van der Waals surface area contributed by atoms with Gasteiger partial charge in [-0.2, -0.15) is 0 Å². The van der Waals surface area contributed by atoms with Crippen molar-refractivity contribution in [3.05, 3.63) is 84.3 Å². The molecule has 0 saturated heterocycles. The number of nitrogens with two attached hydrogens (primary N) is 2. The molecule has 1 aliphatic rings. The monoisotopic (exact) mass is 466 g/mol. The molecule has 0 atom stereocenters. The van der Waals surface area contributed by atoms with Crippen LogP contribution in [-0.4, -0.2) is 24.6 Å². The summed E-state index contributed by atoms with van der Waals surface area (Å²) >= 11 is 0. The average Bonchev–Trinajstić information content (AvgIpc) is 3.23. The third kappa shape index (κ3) is 3.50. The van der Waals surface area contributed by atoms with E-state index in [4.69, 9.17) is 21.4 Å². The van der Waals surface area contributed by atoms with Crippen LogP contribution in [0.2, 0.25) is 0 Å². The Hall–Kier alpha value is -4.30. The number of anilines is 1. The summed E-state index contributed by atoms with van der Waals surface area (Å²) in [7, 11) is 0. The minimum Gasteiger partial charge on any atom is -0.505 e. The maximum absolute atomic E-state index is 13.6. The second-order valence-electron chi connectivity index (χ2n) is 8.97. The third-order valence-corrected chi connectivity index (χ3v) is 6.77. The number of pyridine rings is 2. The zero-order valence-electron chi connectivity index (χ0n) is 18.8. The highest BCUT2D eigenvalue weighted by Crippen LogP contribution is 2.39. The zero-order chi connectivity index (χ0) is 24.2. The summed E-state index contributed by atoms with van der Waals surface area (Å²) in [6, 6.07) is 19.6. The van der Waals surface area contributed by atoms with E-state index < -0.39 is 11.6 Å². The summed E-state index contributed by atoms with van der Waals surface area (Å²) < 4.78 is 15.6. The summed E-state index contributed by atoms with van der Waals surface area (Å²) in [5, 5.41) is 9.86. The van der Waals surface area contributed by atoms with Gasteiger partial charge in [-0.15, -0.1) is 0 Å². The van der Waals surface area contributed by atoms with Crippen molar-refractivity contribution in [3.63, 3.8) is 0 Å². The number of hydrogen-bond donors (Lipinski definition) is 3. The van der Waals surface area contributed by atoms with Crippen LogP contribution < -0.4 is 11.5 Å². The molecule has 6 rings (SSSR count). The number of hydrogen-bond acceptors (Lipinski definition) is 6. The van der Waals surface area contributed by atoms with Crippen LogP contribution in [0.3, 0.4) is 0 Å². The highest BCUT2D eigenvalue weighted by molar-refractivity contribution is 5.84. The third-order valence-electron chi connectivity index (χ3n) is 6.77. The van der Waals surface area contributed by atoms with Crippen molar-refractivity contribution in [2.24, 2.45) is 5.73 Å². The molecule has 0 spiro atoms. The lowest BCUT2D eigenvalue weighted by molar-refractivity contribution is 0.253. The van der Waals surface area contributed by atoms with Crippen molar-refractivity contribution < 1.29 is 9.50 Å². The second-order valence-corrected chi connectivity index (χ2v) is 8.97. The molecule has 5 N–H and O–H groups in total. The van der Waals surface area contributed by atoms with Gasteiger partial charge in [-0.1, -0.05) is 12.1 Å². The molecule has 1 saturated carbocycles. The normalized spacial score (nSPS) is 14.7. The molecule has 35 heavy (non-hydrogen) atoms. The summed E-state index contributed by atoms with van der Waals surface area (Å²) in [5.74, 6) is -0.141. The molecule has 1 aliphatic carbocycles. The lowest BCUT2D eigenvalue weighted by Crippen LogP contribution is -2.43. The number of nitrogen functional groups attached to an aromatic ring is 1. The predicted octanol–water partition coefficient (Wildman–Crippen LogP) is 4.91. The molecule has 0 aliphatic heterocycles. The van der Waals surface area contributed by atoms with E-state index in [0.717, 1.165) is 30.5 Å². The quantitative estimate of drug-likeness (QED) is 0.346. The van der Waals surface area contributed by atoms with Crippen LogP contribution in [0.25, 0.3) is 39.5 Å². The van der Waals surface area contributed by atoms with Gasteiger partial charge in [-0.05, 0) is 79.4 Å². The molecule has 5 aromatic rings. The molecule has 0 unspecified atom stereocenters. The van der Waals surface area contributed by atoms with E-state index in [9.17, 15) is 9.50 Å². The fourth-order valence-electron chi connectivity index (χ4n) is 4.61. The Morgan fingerprint density at radius 3 is 2.46 bits per heavy atom. The van der Waals surface area contributed by atoms with Gasteiger partial charge < -0.3 is 16.6 Å². The Morgan fingerprint density at radius 2 is 1.77 bits per heavy atom. The van der Waals surface area contributed by atoms with E-state index in [1.54, 1.807) is 18.3 Å². The molecule has 0 bridgehead atoms. The number of rotatable bonds is 4. The van der Waals surface area contributed by atoms with Crippen LogP contribution in [0.15, 0.2) is 72.9 Å². The molecular weight excluding hydrogens is 443 g/mol. The van der Waals surface area contributed by atoms with Crippen molar-refractivity contribution in [1.29, 1.82) is 0 Å². The van der Waals surface area contributed by atoms with E-state index in [1.165, 1.54) is 12.1 Å². The standard InChI is InChI=1S/C27H23FN6O/c28-20-9-4-16(15-23(20)35)21-10-11-22-26(32-21)34(25(33-22)19-3-1-14-31-24(19)29)18-7-5-17(6-8-18)27(30)12-2-13-27/h1,3-11,14-15,35H,2,12-13,30H2,(H2,29,31). The highest BCUT2D eigenvalue weighted by Gasteiger charge is 2.34. The van der Waals surface area contributed by atoms with Crippen LogP contribution in [-0.2, 0) is 5.54 Å². The number of nitrogens with zero attached hydrogens (tertiary/aromatic N) is 4. The number of imidazole rings is 1. The number of benzene rings is 2. The number of aromatic nitrogens is 4. The first kappa shape index (κ1) is 21.2. The van der Waals surface area contributed by atoms with Crippen molar-refractivity contribution in [1.82, 2.24) is 19.5 Å². The van der Waals surface area contributed by atoms with Crippen LogP contribution in [0, 0.1) is 5.82 Å². The van der Waals surface area contributed by atoms with Crippen molar-refractivity contribution in [2.75, 3.05) is 5.73 Å². The molecule has 8 heteroatoms. The highest BCUT2D eigenvalue weighted by atomic mass is 19.1. The van der Waals surface area contributed by atoms with Gasteiger partial charge in [0.2, 0.25) is 0 Å². The SMILES string of the molecule is Nc1ncccc1-c1nc2ccc(-c3ccc(F)c(O)c3)nc2n1-c1ccc(C2(N)CCC2)cc1. The average molecular weight is 467 g/mol. The van der Waals surface area contributed by atoms with Crippen LogP contribution >= 0.6 is 0 Å². The van der Waals surface area contributed by atoms with Gasteiger partial charge in [0.1, 0.15) is 11.3 Å². The fraction of sp³-hybridized carbons (Fsp3) is 0.148. The second kappa shape index (κ2) is 7.89. The summed E-state index contributed by atoms with van der Waals surface area (Å²) in [6.07, 6.45) is 4.73. The Kier molecular flexibility index (Phi) is 4.79. The van der Waals surface area contributed by atoms with Crippen molar-refractivity contribution >= 4 is 17.0 Å². The molecule has 3 aromatic heterocycles. The Labute approximate surface area is 200 Å². The molecular formula is C27H23FN6O. The topological polar surface area (TPSA) is 116 Å². The van der Waals surface area contributed by atoms with E-state index in [-0.39, 0.29) is 5.54 Å². The van der Waals surface area contributed by atoms with Crippen molar-refractivity contribution in [2.45, 2.75) is 24.8 Å². The van der Waals surface area contributed by atoms with Crippen LogP contribution in [0.4, 0.5) is 10.2 Å². The largest absolute Gasteiger partial charge is 0.505 e. The van der Waals surface area contributed by atoms with Gasteiger partial charge in [0, 0.05) is 23.0 Å². The lowest BCUT2D eigenvalue weighted by Gasteiger charge is -2.38. The van der Waals surface area contributed by atoms with Gasteiger partial charge in [-0.25, -0.2) is 19.3 Å². The number of aromatic hydroxyl groups is 1. The number of fused-ring (bicyclic) bond motifs is 1. The van der Waals surface area contributed by atoms with Gasteiger partial charge in [0.05, 0.1) is 11.3 Å². The molecule has 0 radical (unpaired) electrons. The molecule has 0 amide bonds. The lowest BCUT2D eigenvalue weighted by atomic mass is 9.73. The van der Waals surface area contributed by atoms with Gasteiger partial charge in [-0.3, -0.25) is 4.57 Å². The molecule has 2 aromatic carbocycles. The maximum atomic E-state index is 13.6.